The Bertz CT molecular complexity index is 82.2. The lowest BCUT2D eigenvalue weighted by molar-refractivity contribution is -0.0851. The van der Waals surface area contributed by atoms with Crippen LogP contribution in [0.3, 0.4) is 0 Å². The first-order valence-electron chi connectivity index (χ1n) is 2.08. The third-order valence-corrected chi connectivity index (χ3v) is 0.728. The smallest absolute Gasteiger partial charge is 0.109 e. The largest absolute Gasteiger partial charge is 0.312 e. The van der Waals surface area contributed by atoms with Gasteiger partial charge in [-0.15, -0.1) is 0 Å². The molecule has 0 saturated heterocycles. The quantitative estimate of drug-likeness (QED) is 0.421. The second kappa shape index (κ2) is 1.90. The van der Waals surface area contributed by atoms with Crippen molar-refractivity contribution in [2.24, 2.45) is 5.10 Å². The summed E-state index contributed by atoms with van der Waals surface area (Å²) in [6.45, 7) is 0.948. The average molecular weight is 101 g/mol. The molecule has 4 heteroatoms. The van der Waals surface area contributed by atoms with Gasteiger partial charge >= 0.3 is 0 Å². The summed E-state index contributed by atoms with van der Waals surface area (Å²) in [6, 6.07) is 0. The first-order chi connectivity index (χ1) is 3.39. The van der Waals surface area contributed by atoms with E-state index >= 15 is 0 Å². The van der Waals surface area contributed by atoms with Crippen LogP contribution in [-0.2, 0) is 0 Å². The van der Waals surface area contributed by atoms with Crippen molar-refractivity contribution in [1.29, 1.82) is 0 Å². The van der Waals surface area contributed by atoms with Gasteiger partial charge in [0.15, 0.2) is 0 Å². The Hall–Kier alpha value is -0.610. The third-order valence-electron chi connectivity index (χ3n) is 0.728. The molecule has 0 aromatic carbocycles. The molecule has 0 amide bonds. The summed E-state index contributed by atoms with van der Waals surface area (Å²) >= 11 is 0. The van der Waals surface area contributed by atoms with E-state index in [0.29, 0.717) is 13.2 Å². The zero-order valence-electron chi connectivity index (χ0n) is 3.83. The highest BCUT2D eigenvalue weighted by molar-refractivity contribution is 5.59. The molecule has 1 aliphatic rings. The summed E-state index contributed by atoms with van der Waals surface area (Å²) in [5.41, 5.74) is 2.58. The number of hydrogen-bond acceptors (Lipinski definition) is 4. The third kappa shape index (κ3) is 1.13. The fourth-order valence-electron chi connectivity index (χ4n) is 0.387. The lowest BCUT2D eigenvalue weighted by atomic mass is 10.7. The Morgan fingerprint density at radius 2 is 2.71 bits per heavy atom. The molecule has 1 heterocycles. The van der Waals surface area contributed by atoms with Gasteiger partial charge in [-0.3, -0.25) is 5.43 Å². The summed E-state index contributed by atoms with van der Waals surface area (Å²) in [6.07, 6.45) is 1.60. The molecule has 0 bridgehead atoms. The van der Waals surface area contributed by atoms with Crippen molar-refractivity contribution < 1.29 is 5.21 Å². The molecule has 1 rings (SSSR count). The molecule has 1 aliphatic heterocycles. The van der Waals surface area contributed by atoms with E-state index in [1.165, 1.54) is 0 Å². The fourth-order valence-corrected chi connectivity index (χ4v) is 0.387. The van der Waals surface area contributed by atoms with Gasteiger partial charge in [-0.2, -0.15) is 10.2 Å². The summed E-state index contributed by atoms with van der Waals surface area (Å²) in [7, 11) is 0. The summed E-state index contributed by atoms with van der Waals surface area (Å²) < 4.78 is 0. The van der Waals surface area contributed by atoms with Crippen molar-refractivity contribution >= 4 is 6.21 Å². The van der Waals surface area contributed by atoms with E-state index in [4.69, 9.17) is 5.21 Å². The Labute approximate surface area is 41.4 Å². The van der Waals surface area contributed by atoms with Crippen LogP contribution in [0, 0.1) is 0 Å². The number of rotatable bonds is 0. The molecule has 0 unspecified atom stereocenters. The molecule has 7 heavy (non-hydrogen) atoms. The van der Waals surface area contributed by atoms with Gasteiger partial charge in [0, 0.05) is 6.21 Å². The van der Waals surface area contributed by atoms with E-state index in [0.717, 1.165) is 5.06 Å². The number of hydrazone groups is 1. The standard InChI is InChI=1S/C3H7N3O/c7-6-2-1-4-5-3-6/h1,5,7H,2-3H2. The van der Waals surface area contributed by atoms with Crippen LogP contribution in [0.4, 0.5) is 0 Å². The van der Waals surface area contributed by atoms with Crippen molar-refractivity contribution in [2.45, 2.75) is 0 Å². The van der Waals surface area contributed by atoms with Gasteiger partial charge in [0.2, 0.25) is 0 Å². The van der Waals surface area contributed by atoms with Gasteiger partial charge < -0.3 is 5.21 Å². The summed E-state index contributed by atoms with van der Waals surface area (Å²) in [4.78, 5) is 0. The van der Waals surface area contributed by atoms with Crippen molar-refractivity contribution in [3.63, 3.8) is 0 Å². The normalized spacial score (nSPS) is 21.9. The molecule has 0 radical (unpaired) electrons. The highest BCUT2D eigenvalue weighted by atomic mass is 16.5. The number of hydrogen-bond donors (Lipinski definition) is 2. The Balaban J connectivity index is 2.32. The maximum Gasteiger partial charge on any atom is 0.109 e. The molecule has 40 valence electrons. The molecule has 2 N–H and O–H groups in total. The van der Waals surface area contributed by atoms with E-state index in [1.54, 1.807) is 6.21 Å². The minimum atomic E-state index is 0.427. The zero-order valence-corrected chi connectivity index (χ0v) is 3.83. The fraction of sp³-hybridized carbons (Fsp3) is 0.667. The predicted octanol–water partition coefficient (Wildman–Crippen LogP) is -0.776. The van der Waals surface area contributed by atoms with Crippen molar-refractivity contribution in [1.82, 2.24) is 10.5 Å². The van der Waals surface area contributed by atoms with Crippen LogP contribution in [-0.4, -0.2) is 29.7 Å². The Morgan fingerprint density at radius 1 is 1.86 bits per heavy atom. The van der Waals surface area contributed by atoms with Crippen LogP contribution >= 0.6 is 0 Å². The number of nitrogens with zero attached hydrogens (tertiary/aromatic N) is 2. The second-order valence-electron chi connectivity index (χ2n) is 1.32. The van der Waals surface area contributed by atoms with Crippen molar-refractivity contribution in [3.05, 3.63) is 0 Å². The maximum absolute atomic E-state index is 8.59. The van der Waals surface area contributed by atoms with E-state index in [2.05, 4.69) is 10.5 Å². The molecule has 0 atom stereocenters. The Kier molecular flexibility index (Phi) is 1.24. The molecular formula is C3H7N3O. The van der Waals surface area contributed by atoms with Crippen LogP contribution < -0.4 is 5.43 Å². The van der Waals surface area contributed by atoms with Crippen LogP contribution in [0.25, 0.3) is 0 Å². The van der Waals surface area contributed by atoms with Gasteiger partial charge in [0.05, 0.1) is 6.54 Å². The van der Waals surface area contributed by atoms with Crippen molar-refractivity contribution in [2.75, 3.05) is 13.2 Å². The van der Waals surface area contributed by atoms with Crippen molar-refractivity contribution in [3.8, 4) is 0 Å². The maximum atomic E-state index is 8.59. The van der Waals surface area contributed by atoms with Crippen LogP contribution in [0.2, 0.25) is 0 Å². The second-order valence-corrected chi connectivity index (χ2v) is 1.32. The van der Waals surface area contributed by atoms with Gasteiger partial charge in [0.25, 0.3) is 0 Å². The first-order valence-corrected chi connectivity index (χ1v) is 2.08. The van der Waals surface area contributed by atoms with Gasteiger partial charge in [-0.1, -0.05) is 0 Å². The van der Waals surface area contributed by atoms with Gasteiger partial charge in [0.1, 0.15) is 6.67 Å². The van der Waals surface area contributed by atoms with E-state index in [9.17, 15) is 0 Å². The molecular weight excluding hydrogens is 94.1 g/mol. The molecule has 0 aromatic heterocycles. The molecule has 0 aliphatic carbocycles. The minimum Gasteiger partial charge on any atom is -0.312 e. The zero-order chi connectivity index (χ0) is 5.11. The Morgan fingerprint density at radius 3 is 3.00 bits per heavy atom. The summed E-state index contributed by atoms with van der Waals surface area (Å²) in [5.74, 6) is 0. The lowest BCUT2D eigenvalue weighted by Crippen LogP contribution is -2.34. The SMILES string of the molecule is ON1CC=NNC1. The molecule has 0 fully saturated rings. The molecule has 0 spiro atoms. The average Bonchev–Trinajstić information content (AvgIpc) is 1.69. The van der Waals surface area contributed by atoms with E-state index in [-0.39, 0.29) is 0 Å². The van der Waals surface area contributed by atoms with Crippen LogP contribution in [0.1, 0.15) is 0 Å². The van der Waals surface area contributed by atoms with Crippen LogP contribution in [0.5, 0.6) is 0 Å². The molecule has 0 aromatic rings. The minimum absolute atomic E-state index is 0.427. The topological polar surface area (TPSA) is 47.9 Å². The number of hydroxylamine groups is 2. The van der Waals surface area contributed by atoms with Crippen LogP contribution in [0.15, 0.2) is 5.10 Å². The highest BCUT2D eigenvalue weighted by Crippen LogP contribution is 1.78. The monoisotopic (exact) mass is 101 g/mol. The molecule has 4 nitrogen and oxygen atoms in total. The van der Waals surface area contributed by atoms with Gasteiger partial charge in [-0.25, -0.2) is 0 Å². The van der Waals surface area contributed by atoms with Gasteiger partial charge in [-0.05, 0) is 0 Å². The lowest BCUT2D eigenvalue weighted by Gasteiger charge is -2.14. The molecule has 0 saturated carbocycles. The number of nitrogens with one attached hydrogen (secondary N) is 1. The van der Waals surface area contributed by atoms with E-state index in [1.807, 2.05) is 0 Å². The first kappa shape index (κ1) is 4.55. The van der Waals surface area contributed by atoms with E-state index < -0.39 is 0 Å². The predicted molar refractivity (Wildman–Crippen MR) is 25.0 cm³/mol. The highest BCUT2D eigenvalue weighted by Gasteiger charge is 1.97. The summed E-state index contributed by atoms with van der Waals surface area (Å²) in [5, 5.41) is 13.4.